The molecule has 3 nitrogen and oxygen atoms in total. The van der Waals surface area contributed by atoms with Crippen LogP contribution in [0.4, 0.5) is 10.1 Å². The van der Waals surface area contributed by atoms with Crippen molar-refractivity contribution in [3.05, 3.63) is 49.9 Å². The standard InChI is InChI=1S/C17H18BrFN2OS/c1-9-3-4-13(19)16-15(9)12(10(2)21-16)5-6-20-17(22)14-7-11(18)8-23-14/h3-4,7-8,10,12,21H,5-6H2,1-2H3,(H,20,22). The first kappa shape index (κ1) is 16.5. The Balaban J connectivity index is 1.66. The van der Waals surface area contributed by atoms with Gasteiger partial charge in [0.1, 0.15) is 5.82 Å². The Morgan fingerprint density at radius 2 is 2.26 bits per heavy atom. The number of halogens is 2. The second kappa shape index (κ2) is 6.61. The zero-order valence-corrected chi connectivity index (χ0v) is 15.4. The van der Waals surface area contributed by atoms with E-state index >= 15 is 0 Å². The van der Waals surface area contributed by atoms with Gasteiger partial charge in [-0.25, -0.2) is 4.39 Å². The maximum atomic E-state index is 14.0. The molecule has 1 aliphatic rings. The predicted octanol–water partition coefficient (Wildman–Crippen LogP) is 4.68. The van der Waals surface area contributed by atoms with Gasteiger partial charge in [0.15, 0.2) is 0 Å². The highest BCUT2D eigenvalue weighted by Crippen LogP contribution is 2.41. The molecule has 1 aromatic heterocycles. The number of carbonyl (C=O) groups is 1. The highest BCUT2D eigenvalue weighted by atomic mass is 79.9. The SMILES string of the molecule is Cc1ccc(F)c2c1C(CCNC(=O)c1cc(Br)cs1)C(C)N2. The van der Waals surface area contributed by atoms with Crippen LogP contribution in [-0.4, -0.2) is 18.5 Å². The fourth-order valence-electron chi connectivity index (χ4n) is 3.15. The number of carbonyl (C=O) groups excluding carboxylic acids is 1. The minimum Gasteiger partial charge on any atom is -0.379 e. The number of benzene rings is 1. The van der Waals surface area contributed by atoms with Gasteiger partial charge >= 0.3 is 0 Å². The highest BCUT2D eigenvalue weighted by Gasteiger charge is 2.32. The first-order valence-corrected chi connectivity index (χ1v) is 9.22. The first-order valence-electron chi connectivity index (χ1n) is 7.55. The fourth-order valence-corrected chi connectivity index (χ4v) is 4.50. The van der Waals surface area contributed by atoms with E-state index < -0.39 is 0 Å². The summed E-state index contributed by atoms with van der Waals surface area (Å²) < 4.78 is 14.9. The van der Waals surface area contributed by atoms with Crippen molar-refractivity contribution in [2.24, 2.45) is 0 Å². The number of anilines is 1. The fraction of sp³-hybridized carbons (Fsp3) is 0.353. The van der Waals surface area contributed by atoms with Gasteiger partial charge in [-0.05, 0) is 59.5 Å². The maximum Gasteiger partial charge on any atom is 0.261 e. The Morgan fingerprint density at radius 1 is 1.48 bits per heavy atom. The van der Waals surface area contributed by atoms with E-state index in [9.17, 15) is 9.18 Å². The van der Waals surface area contributed by atoms with Crippen molar-refractivity contribution in [2.45, 2.75) is 32.2 Å². The molecule has 0 fully saturated rings. The topological polar surface area (TPSA) is 41.1 Å². The van der Waals surface area contributed by atoms with Gasteiger partial charge in [0.25, 0.3) is 5.91 Å². The molecule has 23 heavy (non-hydrogen) atoms. The highest BCUT2D eigenvalue weighted by molar-refractivity contribution is 9.10. The molecular weight excluding hydrogens is 379 g/mol. The molecule has 2 heterocycles. The van der Waals surface area contributed by atoms with E-state index in [4.69, 9.17) is 0 Å². The van der Waals surface area contributed by atoms with E-state index in [1.165, 1.54) is 17.4 Å². The molecule has 0 aliphatic carbocycles. The lowest BCUT2D eigenvalue weighted by Gasteiger charge is -2.17. The zero-order chi connectivity index (χ0) is 16.6. The molecule has 1 aliphatic heterocycles. The summed E-state index contributed by atoms with van der Waals surface area (Å²) in [6.45, 7) is 4.63. The van der Waals surface area contributed by atoms with Crippen LogP contribution in [0.25, 0.3) is 0 Å². The molecule has 0 bridgehead atoms. The summed E-state index contributed by atoms with van der Waals surface area (Å²) in [5.41, 5.74) is 2.76. The summed E-state index contributed by atoms with van der Waals surface area (Å²) in [5.74, 6) is -0.0565. The van der Waals surface area contributed by atoms with Gasteiger partial charge in [0, 0.05) is 28.4 Å². The van der Waals surface area contributed by atoms with Crippen LogP contribution in [-0.2, 0) is 0 Å². The summed E-state index contributed by atoms with van der Waals surface area (Å²) in [4.78, 5) is 12.8. The van der Waals surface area contributed by atoms with E-state index in [-0.39, 0.29) is 23.7 Å². The zero-order valence-electron chi connectivity index (χ0n) is 13.0. The lowest BCUT2D eigenvalue weighted by Crippen LogP contribution is -2.27. The van der Waals surface area contributed by atoms with Crippen LogP contribution in [0.1, 0.15) is 40.1 Å². The number of nitrogens with one attached hydrogen (secondary N) is 2. The second-order valence-corrected chi connectivity index (χ2v) is 7.69. The number of hydrogen-bond acceptors (Lipinski definition) is 3. The molecule has 0 spiro atoms. The van der Waals surface area contributed by atoms with Crippen LogP contribution in [0, 0.1) is 12.7 Å². The average molecular weight is 397 g/mol. The van der Waals surface area contributed by atoms with Gasteiger partial charge in [-0.2, -0.15) is 0 Å². The minimum atomic E-state index is -0.201. The van der Waals surface area contributed by atoms with E-state index in [0.717, 1.165) is 22.0 Å². The summed E-state index contributed by atoms with van der Waals surface area (Å²) in [6, 6.07) is 5.30. The van der Waals surface area contributed by atoms with Gasteiger partial charge < -0.3 is 10.6 Å². The van der Waals surface area contributed by atoms with Crippen LogP contribution in [0.3, 0.4) is 0 Å². The molecule has 2 unspecified atom stereocenters. The Bertz CT molecular complexity index is 746. The number of amides is 1. The van der Waals surface area contributed by atoms with Gasteiger partial charge in [0.2, 0.25) is 0 Å². The molecular formula is C17H18BrFN2OS. The minimum absolute atomic E-state index is 0.0597. The third-order valence-corrected chi connectivity index (χ3v) is 5.98. The number of rotatable bonds is 4. The van der Waals surface area contributed by atoms with E-state index in [1.54, 1.807) is 0 Å². The molecule has 1 aromatic carbocycles. The summed E-state index contributed by atoms with van der Waals surface area (Å²) in [5, 5.41) is 8.08. The summed E-state index contributed by atoms with van der Waals surface area (Å²) >= 11 is 4.76. The number of hydrogen-bond donors (Lipinski definition) is 2. The van der Waals surface area contributed by atoms with Crippen molar-refractivity contribution in [1.82, 2.24) is 5.32 Å². The molecule has 0 saturated carbocycles. The van der Waals surface area contributed by atoms with E-state index in [1.807, 2.05) is 24.4 Å². The number of fused-ring (bicyclic) bond motifs is 1. The van der Waals surface area contributed by atoms with E-state index in [0.29, 0.717) is 17.1 Å². The number of aryl methyl sites for hydroxylation is 1. The van der Waals surface area contributed by atoms with Crippen LogP contribution in [0.5, 0.6) is 0 Å². The molecule has 2 atom stereocenters. The molecule has 122 valence electrons. The quantitative estimate of drug-likeness (QED) is 0.787. The van der Waals surface area contributed by atoms with Crippen LogP contribution in [0.2, 0.25) is 0 Å². The van der Waals surface area contributed by atoms with Crippen molar-refractivity contribution >= 4 is 38.9 Å². The van der Waals surface area contributed by atoms with Gasteiger partial charge in [-0.3, -0.25) is 4.79 Å². The lowest BCUT2D eigenvalue weighted by molar-refractivity contribution is 0.0956. The van der Waals surface area contributed by atoms with Crippen molar-refractivity contribution in [1.29, 1.82) is 0 Å². The van der Waals surface area contributed by atoms with Crippen LogP contribution in [0.15, 0.2) is 28.1 Å². The van der Waals surface area contributed by atoms with Crippen molar-refractivity contribution in [3.8, 4) is 0 Å². The Hall–Kier alpha value is -1.40. The molecule has 2 N–H and O–H groups in total. The van der Waals surface area contributed by atoms with Gasteiger partial charge in [-0.15, -0.1) is 11.3 Å². The van der Waals surface area contributed by atoms with Crippen LogP contribution >= 0.6 is 27.3 Å². The van der Waals surface area contributed by atoms with Crippen molar-refractivity contribution in [2.75, 3.05) is 11.9 Å². The van der Waals surface area contributed by atoms with Crippen LogP contribution < -0.4 is 10.6 Å². The molecule has 1 amide bonds. The normalized spacial score (nSPS) is 19.3. The molecule has 0 radical (unpaired) electrons. The first-order chi connectivity index (χ1) is 11.0. The number of thiophene rings is 1. The lowest BCUT2D eigenvalue weighted by atomic mass is 9.89. The van der Waals surface area contributed by atoms with Crippen molar-refractivity contribution < 1.29 is 9.18 Å². The third-order valence-electron chi connectivity index (χ3n) is 4.29. The molecule has 2 aromatic rings. The van der Waals surface area contributed by atoms with E-state index in [2.05, 4.69) is 33.5 Å². The Kier molecular flexibility index (Phi) is 4.73. The maximum absolute atomic E-state index is 14.0. The smallest absolute Gasteiger partial charge is 0.261 e. The summed E-state index contributed by atoms with van der Waals surface area (Å²) in [6.07, 6.45) is 0.781. The summed E-state index contributed by atoms with van der Waals surface area (Å²) in [7, 11) is 0. The molecule has 0 saturated heterocycles. The predicted molar refractivity (Wildman–Crippen MR) is 95.9 cm³/mol. The average Bonchev–Trinajstić information content (AvgIpc) is 3.08. The van der Waals surface area contributed by atoms with Gasteiger partial charge in [-0.1, -0.05) is 6.07 Å². The monoisotopic (exact) mass is 396 g/mol. The van der Waals surface area contributed by atoms with Crippen molar-refractivity contribution in [3.63, 3.8) is 0 Å². The third kappa shape index (κ3) is 3.28. The Labute approximate surface area is 147 Å². The molecule has 6 heteroatoms. The molecule has 3 rings (SSSR count). The second-order valence-electron chi connectivity index (χ2n) is 5.87. The van der Waals surface area contributed by atoms with Gasteiger partial charge in [0.05, 0.1) is 10.6 Å². The largest absolute Gasteiger partial charge is 0.379 e. The Morgan fingerprint density at radius 3 is 2.96 bits per heavy atom.